The van der Waals surface area contributed by atoms with Crippen LogP contribution < -0.4 is 10.1 Å². The fourth-order valence-corrected chi connectivity index (χ4v) is 2.62. The number of hydrogen-bond donors (Lipinski definition) is 3. The molecular formula is C15H21NO4. The first-order valence-electron chi connectivity index (χ1n) is 6.92. The van der Waals surface area contributed by atoms with Crippen LogP contribution >= 0.6 is 0 Å². The number of carboxylic acid groups (broad SMARTS) is 1. The second kappa shape index (κ2) is 6.61. The van der Waals surface area contributed by atoms with Crippen molar-refractivity contribution in [1.82, 2.24) is 5.32 Å². The molecule has 0 bridgehead atoms. The number of aliphatic carboxylic acids is 1. The summed E-state index contributed by atoms with van der Waals surface area (Å²) in [7, 11) is 1.56. The molecule has 0 saturated heterocycles. The molecule has 0 spiro atoms. The van der Waals surface area contributed by atoms with Gasteiger partial charge >= 0.3 is 5.97 Å². The molecule has 1 aliphatic rings. The van der Waals surface area contributed by atoms with E-state index in [0.717, 1.165) is 31.2 Å². The lowest BCUT2D eigenvalue weighted by molar-refractivity contribution is -0.142. The lowest BCUT2D eigenvalue weighted by Crippen LogP contribution is -2.34. The normalized spacial score (nSPS) is 22.4. The van der Waals surface area contributed by atoms with E-state index in [-0.39, 0.29) is 11.7 Å². The number of phenolic OH excluding ortho intramolecular Hbond substituents is 1. The number of aromatic hydroxyl groups is 1. The standard InChI is InChI=1S/C15H21NO4/c1-20-13-7-4-11(14(17)8-13)9-16-12-5-2-10(3-6-12)15(18)19/h4,7-8,10,12,16-17H,2-3,5-6,9H2,1H3,(H,18,19). The molecular weight excluding hydrogens is 258 g/mol. The van der Waals surface area contributed by atoms with Gasteiger partial charge in [0.05, 0.1) is 13.0 Å². The fourth-order valence-electron chi connectivity index (χ4n) is 2.62. The molecule has 5 nitrogen and oxygen atoms in total. The second-order valence-corrected chi connectivity index (χ2v) is 5.26. The third-order valence-electron chi connectivity index (χ3n) is 3.95. The number of methoxy groups -OCH3 is 1. The first kappa shape index (κ1) is 14.7. The number of benzene rings is 1. The number of rotatable bonds is 5. The number of carbonyl (C=O) groups is 1. The number of nitrogens with one attached hydrogen (secondary N) is 1. The van der Waals surface area contributed by atoms with Crippen molar-refractivity contribution >= 4 is 5.97 Å². The highest BCUT2D eigenvalue weighted by molar-refractivity contribution is 5.70. The average Bonchev–Trinajstić information content (AvgIpc) is 2.46. The first-order chi connectivity index (χ1) is 9.60. The number of hydrogen-bond acceptors (Lipinski definition) is 4. The van der Waals surface area contributed by atoms with Crippen LogP contribution in [0.15, 0.2) is 18.2 Å². The predicted molar refractivity (Wildman–Crippen MR) is 74.9 cm³/mol. The van der Waals surface area contributed by atoms with Crippen LogP contribution in [0.25, 0.3) is 0 Å². The van der Waals surface area contributed by atoms with Gasteiger partial charge in [0.2, 0.25) is 0 Å². The topological polar surface area (TPSA) is 78.8 Å². The number of carboxylic acids is 1. The van der Waals surface area contributed by atoms with E-state index in [1.165, 1.54) is 0 Å². The first-order valence-corrected chi connectivity index (χ1v) is 6.92. The predicted octanol–water partition coefficient (Wildman–Crippen LogP) is 2.13. The average molecular weight is 279 g/mol. The van der Waals surface area contributed by atoms with E-state index in [1.54, 1.807) is 13.2 Å². The molecule has 1 fully saturated rings. The molecule has 0 unspecified atom stereocenters. The van der Waals surface area contributed by atoms with Gasteiger partial charge in [0, 0.05) is 24.2 Å². The highest BCUT2D eigenvalue weighted by Crippen LogP contribution is 2.26. The van der Waals surface area contributed by atoms with E-state index in [2.05, 4.69) is 5.32 Å². The molecule has 0 atom stereocenters. The molecule has 5 heteroatoms. The molecule has 0 aromatic heterocycles. The van der Waals surface area contributed by atoms with Crippen LogP contribution in [-0.4, -0.2) is 29.3 Å². The Bertz CT molecular complexity index is 467. The van der Waals surface area contributed by atoms with Crippen molar-refractivity contribution in [2.24, 2.45) is 5.92 Å². The molecule has 1 aromatic rings. The Morgan fingerprint density at radius 1 is 1.35 bits per heavy atom. The molecule has 0 radical (unpaired) electrons. The molecule has 20 heavy (non-hydrogen) atoms. The fraction of sp³-hybridized carbons (Fsp3) is 0.533. The van der Waals surface area contributed by atoms with Gasteiger partial charge in [-0.25, -0.2) is 0 Å². The van der Waals surface area contributed by atoms with Gasteiger partial charge in [0.15, 0.2) is 0 Å². The molecule has 0 amide bonds. The lowest BCUT2D eigenvalue weighted by Gasteiger charge is -2.27. The summed E-state index contributed by atoms with van der Waals surface area (Å²) in [6.07, 6.45) is 3.19. The molecule has 1 aliphatic carbocycles. The quantitative estimate of drug-likeness (QED) is 0.769. The summed E-state index contributed by atoms with van der Waals surface area (Å²) < 4.78 is 5.04. The van der Waals surface area contributed by atoms with Crippen molar-refractivity contribution in [3.05, 3.63) is 23.8 Å². The third kappa shape index (κ3) is 3.63. The van der Waals surface area contributed by atoms with E-state index < -0.39 is 5.97 Å². The van der Waals surface area contributed by atoms with Crippen molar-refractivity contribution in [2.45, 2.75) is 38.3 Å². The summed E-state index contributed by atoms with van der Waals surface area (Å²) in [5.74, 6) is -0.0250. The molecule has 3 N–H and O–H groups in total. The molecule has 2 rings (SSSR count). The Labute approximate surface area is 118 Å². The Balaban J connectivity index is 1.83. The zero-order chi connectivity index (χ0) is 14.5. The third-order valence-corrected chi connectivity index (χ3v) is 3.95. The van der Waals surface area contributed by atoms with Crippen LogP contribution in [0.4, 0.5) is 0 Å². The van der Waals surface area contributed by atoms with Crippen LogP contribution in [0.5, 0.6) is 11.5 Å². The summed E-state index contributed by atoms with van der Waals surface area (Å²) >= 11 is 0. The molecule has 1 aromatic carbocycles. The van der Waals surface area contributed by atoms with E-state index in [4.69, 9.17) is 9.84 Å². The van der Waals surface area contributed by atoms with Gasteiger partial charge in [-0.3, -0.25) is 4.79 Å². The minimum atomic E-state index is -0.684. The van der Waals surface area contributed by atoms with Crippen molar-refractivity contribution in [3.63, 3.8) is 0 Å². The van der Waals surface area contributed by atoms with Crippen molar-refractivity contribution in [3.8, 4) is 11.5 Å². The largest absolute Gasteiger partial charge is 0.507 e. The smallest absolute Gasteiger partial charge is 0.306 e. The second-order valence-electron chi connectivity index (χ2n) is 5.26. The van der Waals surface area contributed by atoms with Crippen LogP contribution in [0, 0.1) is 5.92 Å². The van der Waals surface area contributed by atoms with Crippen LogP contribution in [0.1, 0.15) is 31.2 Å². The lowest BCUT2D eigenvalue weighted by atomic mass is 9.86. The number of ether oxygens (including phenoxy) is 1. The Morgan fingerprint density at radius 2 is 2.05 bits per heavy atom. The van der Waals surface area contributed by atoms with E-state index in [1.807, 2.05) is 12.1 Å². The minimum absolute atomic E-state index is 0.192. The van der Waals surface area contributed by atoms with Gasteiger partial charge < -0.3 is 20.3 Å². The van der Waals surface area contributed by atoms with Crippen LogP contribution in [0.3, 0.4) is 0 Å². The molecule has 110 valence electrons. The van der Waals surface area contributed by atoms with E-state index >= 15 is 0 Å². The zero-order valence-corrected chi connectivity index (χ0v) is 11.6. The Hall–Kier alpha value is -1.75. The zero-order valence-electron chi connectivity index (χ0n) is 11.6. The minimum Gasteiger partial charge on any atom is -0.507 e. The van der Waals surface area contributed by atoms with E-state index in [0.29, 0.717) is 18.3 Å². The van der Waals surface area contributed by atoms with Crippen LogP contribution in [0.2, 0.25) is 0 Å². The van der Waals surface area contributed by atoms with Gasteiger partial charge in [0.1, 0.15) is 11.5 Å². The summed E-state index contributed by atoms with van der Waals surface area (Å²) in [6, 6.07) is 5.58. The molecule has 0 aliphatic heterocycles. The van der Waals surface area contributed by atoms with Gasteiger partial charge in [-0.2, -0.15) is 0 Å². The monoisotopic (exact) mass is 279 g/mol. The summed E-state index contributed by atoms with van der Waals surface area (Å²) in [6.45, 7) is 0.582. The molecule has 0 heterocycles. The van der Waals surface area contributed by atoms with Gasteiger partial charge in [-0.15, -0.1) is 0 Å². The maximum Gasteiger partial charge on any atom is 0.306 e. The maximum atomic E-state index is 10.9. The van der Waals surface area contributed by atoms with Gasteiger partial charge in [-0.05, 0) is 31.7 Å². The highest BCUT2D eigenvalue weighted by atomic mass is 16.5. The maximum absolute atomic E-state index is 10.9. The molecule has 1 saturated carbocycles. The van der Waals surface area contributed by atoms with Gasteiger partial charge in [-0.1, -0.05) is 6.07 Å². The summed E-state index contributed by atoms with van der Waals surface area (Å²) in [5.41, 5.74) is 0.825. The van der Waals surface area contributed by atoms with Crippen LogP contribution in [-0.2, 0) is 11.3 Å². The van der Waals surface area contributed by atoms with E-state index in [9.17, 15) is 9.90 Å². The summed E-state index contributed by atoms with van der Waals surface area (Å²) in [4.78, 5) is 10.9. The van der Waals surface area contributed by atoms with Crippen molar-refractivity contribution in [2.75, 3.05) is 7.11 Å². The SMILES string of the molecule is COc1ccc(CNC2CCC(C(=O)O)CC2)c(O)c1. The van der Waals surface area contributed by atoms with Gasteiger partial charge in [0.25, 0.3) is 0 Å². The van der Waals surface area contributed by atoms with Crippen molar-refractivity contribution < 1.29 is 19.7 Å². The Kier molecular flexibility index (Phi) is 4.84. The highest BCUT2D eigenvalue weighted by Gasteiger charge is 2.25. The van der Waals surface area contributed by atoms with Crippen molar-refractivity contribution in [1.29, 1.82) is 0 Å². The number of phenols is 1. The Morgan fingerprint density at radius 3 is 2.60 bits per heavy atom. The summed E-state index contributed by atoms with van der Waals surface area (Å²) in [5, 5.41) is 22.2.